The monoisotopic (exact) mass is 292 g/mol. The number of fused-ring (bicyclic) bond motifs is 3. The van der Waals surface area contributed by atoms with Crippen molar-refractivity contribution in [2.75, 3.05) is 0 Å². The van der Waals surface area contributed by atoms with E-state index in [0.29, 0.717) is 0 Å². The molecule has 0 unspecified atom stereocenters. The molecule has 0 fully saturated rings. The second kappa shape index (κ2) is 4.85. The van der Waals surface area contributed by atoms with Crippen LogP contribution in [0, 0.1) is 0 Å². The van der Waals surface area contributed by atoms with Gasteiger partial charge in [0, 0.05) is 4.47 Å². The fourth-order valence-electron chi connectivity index (χ4n) is 2.10. The van der Waals surface area contributed by atoms with Gasteiger partial charge in [0.25, 0.3) is 0 Å². The van der Waals surface area contributed by atoms with E-state index < -0.39 is 0 Å². The molecule has 2 aromatic rings. The van der Waals surface area contributed by atoms with Crippen molar-refractivity contribution in [2.45, 2.75) is 6.42 Å². The van der Waals surface area contributed by atoms with Crippen LogP contribution in [-0.4, -0.2) is 4.21 Å². The lowest BCUT2D eigenvalue weighted by Crippen LogP contribution is -1.78. The molecular weight excluding hydrogens is 284 g/mol. The lowest BCUT2D eigenvalue weighted by atomic mass is 10.1. The molecule has 0 aliphatic heterocycles. The standard InChI is InChI=1S/C13H9Br.OS/c14-11-6-5-10-7-9-3-1-2-4-12(9)13(10)8-11;1-2/h1-6,8H,7H2;. The maximum Gasteiger partial charge on any atom is 0.197 e. The van der Waals surface area contributed by atoms with Gasteiger partial charge in [-0.25, -0.2) is 0 Å². The number of halogens is 1. The third kappa shape index (κ3) is 1.93. The highest BCUT2D eigenvalue weighted by Crippen LogP contribution is 2.37. The van der Waals surface area contributed by atoms with Crippen LogP contribution in [0.1, 0.15) is 11.1 Å². The summed E-state index contributed by atoms with van der Waals surface area (Å²) in [4.78, 5) is 0. The molecule has 3 heteroatoms. The summed E-state index contributed by atoms with van der Waals surface area (Å²) < 4.78 is 8.99. The van der Waals surface area contributed by atoms with Crippen LogP contribution in [-0.2, 0) is 19.0 Å². The van der Waals surface area contributed by atoms with Crippen molar-refractivity contribution < 1.29 is 4.21 Å². The highest BCUT2D eigenvalue weighted by Gasteiger charge is 2.16. The Morgan fingerprint density at radius 3 is 2.44 bits per heavy atom. The maximum atomic E-state index is 7.83. The molecule has 0 N–H and O–H groups in total. The van der Waals surface area contributed by atoms with E-state index in [1.807, 2.05) is 0 Å². The Kier molecular flexibility index (Phi) is 3.46. The third-order valence-corrected chi connectivity index (χ3v) is 3.25. The summed E-state index contributed by atoms with van der Waals surface area (Å²) in [6, 6.07) is 15.2. The molecule has 16 heavy (non-hydrogen) atoms. The van der Waals surface area contributed by atoms with Crippen molar-refractivity contribution in [1.82, 2.24) is 0 Å². The third-order valence-electron chi connectivity index (χ3n) is 2.76. The predicted octanol–water partition coefficient (Wildman–Crippen LogP) is 3.68. The molecule has 0 bridgehead atoms. The van der Waals surface area contributed by atoms with E-state index in [-0.39, 0.29) is 0 Å². The summed E-state index contributed by atoms with van der Waals surface area (Å²) in [5.41, 5.74) is 5.66. The second-order valence-corrected chi connectivity index (χ2v) is 4.55. The summed E-state index contributed by atoms with van der Waals surface area (Å²) >= 11 is 6.35. The number of hydrogen-bond donors (Lipinski definition) is 0. The van der Waals surface area contributed by atoms with Gasteiger partial charge in [0.05, 0.1) is 0 Å². The van der Waals surface area contributed by atoms with Gasteiger partial charge in [0.1, 0.15) is 0 Å². The van der Waals surface area contributed by atoms with Crippen LogP contribution in [0.2, 0.25) is 0 Å². The molecule has 0 atom stereocenters. The minimum atomic E-state index is 1.08. The molecule has 80 valence electrons. The molecule has 0 amide bonds. The lowest BCUT2D eigenvalue weighted by molar-refractivity contribution is 0.702. The van der Waals surface area contributed by atoms with Crippen LogP contribution in [0.3, 0.4) is 0 Å². The zero-order chi connectivity index (χ0) is 11.5. The molecule has 0 aromatic heterocycles. The fraction of sp³-hybridized carbons (Fsp3) is 0.0769. The Labute approximate surface area is 108 Å². The van der Waals surface area contributed by atoms with Crippen molar-refractivity contribution in [3.8, 4) is 11.1 Å². The first-order valence-corrected chi connectivity index (χ1v) is 6.00. The second-order valence-electron chi connectivity index (χ2n) is 3.64. The summed E-state index contributed by atoms with van der Waals surface area (Å²) in [5.74, 6) is 0. The Bertz CT molecular complexity index is 525. The van der Waals surface area contributed by atoms with Crippen molar-refractivity contribution in [1.29, 1.82) is 0 Å². The van der Waals surface area contributed by atoms with Gasteiger partial charge >= 0.3 is 0 Å². The number of benzene rings is 2. The number of hydrogen-bond acceptors (Lipinski definition) is 2. The largest absolute Gasteiger partial charge is 0.197 e. The van der Waals surface area contributed by atoms with E-state index in [1.165, 1.54) is 22.3 Å². The van der Waals surface area contributed by atoms with Crippen LogP contribution in [0.15, 0.2) is 46.9 Å². The van der Waals surface area contributed by atoms with Gasteiger partial charge in [-0.3, -0.25) is 0 Å². The lowest BCUT2D eigenvalue weighted by Gasteiger charge is -2.00. The quantitative estimate of drug-likeness (QED) is 0.629. The number of rotatable bonds is 0. The van der Waals surface area contributed by atoms with E-state index in [0.717, 1.165) is 10.9 Å². The van der Waals surface area contributed by atoms with Gasteiger partial charge in [-0.05, 0) is 40.8 Å². The van der Waals surface area contributed by atoms with Gasteiger partial charge < -0.3 is 0 Å². The van der Waals surface area contributed by atoms with Gasteiger partial charge in [-0.1, -0.05) is 46.3 Å². The fourth-order valence-corrected chi connectivity index (χ4v) is 2.46. The molecule has 0 saturated heterocycles. The van der Waals surface area contributed by atoms with Crippen molar-refractivity contribution >= 4 is 28.5 Å². The predicted molar refractivity (Wildman–Crippen MR) is 70.5 cm³/mol. The SMILES string of the molecule is Brc1ccc2c(c1)-c1ccccc1C2.O=S. The molecule has 3 rings (SSSR count). The molecule has 1 aliphatic rings. The van der Waals surface area contributed by atoms with Gasteiger partial charge in [0.2, 0.25) is 0 Å². The molecule has 2 aromatic carbocycles. The minimum absolute atomic E-state index is 1.08. The molecule has 0 spiro atoms. The maximum absolute atomic E-state index is 7.83. The molecule has 0 heterocycles. The van der Waals surface area contributed by atoms with Crippen LogP contribution in [0.5, 0.6) is 0 Å². The highest BCUT2D eigenvalue weighted by molar-refractivity contribution is 9.10. The minimum Gasteiger partial charge on any atom is -0.197 e. The van der Waals surface area contributed by atoms with E-state index >= 15 is 0 Å². The Balaban J connectivity index is 0.000000457. The highest BCUT2D eigenvalue weighted by atomic mass is 79.9. The molecule has 0 radical (unpaired) electrons. The van der Waals surface area contributed by atoms with Gasteiger partial charge in [-0.2, -0.15) is 4.21 Å². The smallest absolute Gasteiger partial charge is 0.197 e. The Morgan fingerprint density at radius 1 is 0.938 bits per heavy atom. The first kappa shape index (κ1) is 11.4. The van der Waals surface area contributed by atoms with Crippen LogP contribution < -0.4 is 0 Å². The van der Waals surface area contributed by atoms with Gasteiger partial charge in [-0.15, -0.1) is 0 Å². The summed E-state index contributed by atoms with van der Waals surface area (Å²) in [6.45, 7) is 0. The van der Waals surface area contributed by atoms with Crippen LogP contribution in [0.4, 0.5) is 0 Å². The average Bonchev–Trinajstić information content (AvgIpc) is 2.70. The first-order chi connectivity index (χ1) is 7.84. The van der Waals surface area contributed by atoms with Crippen molar-refractivity contribution in [2.24, 2.45) is 0 Å². The van der Waals surface area contributed by atoms with Crippen LogP contribution >= 0.6 is 15.9 Å². The average molecular weight is 293 g/mol. The normalized spacial score (nSPS) is 11.1. The summed E-state index contributed by atoms with van der Waals surface area (Å²) in [5, 5.41) is 0. The zero-order valence-corrected chi connectivity index (χ0v) is 10.8. The molecular formula is C13H9BrOS. The Morgan fingerprint density at radius 2 is 1.62 bits per heavy atom. The summed E-state index contributed by atoms with van der Waals surface area (Å²) in [6.07, 6.45) is 1.08. The molecule has 1 aliphatic carbocycles. The molecule has 1 nitrogen and oxygen atoms in total. The Hall–Kier alpha value is -1.06. The molecule has 0 saturated carbocycles. The van der Waals surface area contributed by atoms with Crippen molar-refractivity contribution in [3.63, 3.8) is 0 Å². The first-order valence-electron chi connectivity index (χ1n) is 4.88. The van der Waals surface area contributed by atoms with Crippen molar-refractivity contribution in [3.05, 3.63) is 58.1 Å². The van der Waals surface area contributed by atoms with E-state index in [9.17, 15) is 0 Å². The van der Waals surface area contributed by atoms with E-state index in [1.54, 1.807) is 0 Å². The topological polar surface area (TPSA) is 17.1 Å². The zero-order valence-electron chi connectivity index (χ0n) is 8.44. The van der Waals surface area contributed by atoms with Crippen LogP contribution in [0.25, 0.3) is 11.1 Å². The van der Waals surface area contributed by atoms with Gasteiger partial charge in [0.15, 0.2) is 12.5 Å². The van der Waals surface area contributed by atoms with E-state index in [2.05, 4.69) is 70.9 Å². The summed E-state index contributed by atoms with van der Waals surface area (Å²) in [7, 11) is 0. The van der Waals surface area contributed by atoms with E-state index in [4.69, 9.17) is 4.21 Å².